The molecule has 0 atom stereocenters. The topological polar surface area (TPSA) is 103 Å². The van der Waals surface area contributed by atoms with Crippen molar-refractivity contribution < 1.29 is 19.1 Å². The number of nitrogens with two attached hydrogens (primary N) is 1. The Hall–Kier alpha value is -3.06. The van der Waals surface area contributed by atoms with Crippen molar-refractivity contribution in [1.29, 1.82) is 0 Å². The Morgan fingerprint density at radius 2 is 1.76 bits per heavy atom. The largest absolute Gasteiger partial charge is 0.491 e. The summed E-state index contributed by atoms with van der Waals surface area (Å²) in [5, 5.41) is 5.67. The molecule has 2 amide bonds. The maximum absolute atomic E-state index is 12.0. The molecule has 0 heterocycles. The average Bonchev–Trinajstić information content (AvgIpc) is 2.62. The normalized spacial score (nSPS) is 10.1. The summed E-state index contributed by atoms with van der Waals surface area (Å²) in [5.74, 6) is -0.0940. The van der Waals surface area contributed by atoms with Gasteiger partial charge in [-0.15, -0.1) is 0 Å². The zero-order valence-electron chi connectivity index (χ0n) is 14.0. The molecule has 0 bridgehead atoms. The maximum atomic E-state index is 12.0. The molecule has 2 aromatic carbocycles. The number of primary amides is 1. The van der Waals surface area contributed by atoms with Gasteiger partial charge in [0.05, 0.1) is 18.7 Å². The van der Waals surface area contributed by atoms with Gasteiger partial charge < -0.3 is 25.8 Å². The van der Waals surface area contributed by atoms with Crippen molar-refractivity contribution in [3.63, 3.8) is 0 Å². The maximum Gasteiger partial charge on any atom is 0.250 e. The number of benzene rings is 2. The molecular formula is C18H21N3O4. The first-order valence-corrected chi connectivity index (χ1v) is 7.74. The average molecular weight is 343 g/mol. The van der Waals surface area contributed by atoms with Gasteiger partial charge in [0, 0.05) is 18.5 Å². The third kappa shape index (κ3) is 5.82. The summed E-state index contributed by atoms with van der Waals surface area (Å²) >= 11 is 0. The summed E-state index contributed by atoms with van der Waals surface area (Å²) in [4.78, 5) is 23.4. The van der Waals surface area contributed by atoms with Crippen LogP contribution in [-0.2, 0) is 9.53 Å². The van der Waals surface area contributed by atoms with E-state index in [4.69, 9.17) is 15.2 Å². The van der Waals surface area contributed by atoms with Gasteiger partial charge in [0.25, 0.3) is 5.91 Å². The van der Waals surface area contributed by atoms with Crippen molar-refractivity contribution in [2.45, 2.75) is 0 Å². The number of rotatable bonds is 9. The second kappa shape index (κ2) is 9.29. The summed E-state index contributed by atoms with van der Waals surface area (Å²) in [5.41, 5.74) is 6.81. The number of methoxy groups -OCH3 is 1. The van der Waals surface area contributed by atoms with Gasteiger partial charge in [0.15, 0.2) is 0 Å². The fourth-order valence-electron chi connectivity index (χ4n) is 2.11. The van der Waals surface area contributed by atoms with Crippen LogP contribution in [0.4, 0.5) is 11.4 Å². The second-order valence-corrected chi connectivity index (χ2v) is 5.18. The summed E-state index contributed by atoms with van der Waals surface area (Å²) in [6.45, 7) is 0.985. The van der Waals surface area contributed by atoms with Gasteiger partial charge in [-0.25, -0.2) is 0 Å². The lowest BCUT2D eigenvalue weighted by molar-refractivity contribution is -0.114. The molecule has 0 aromatic heterocycles. The van der Waals surface area contributed by atoms with Gasteiger partial charge in [-0.05, 0) is 36.4 Å². The molecule has 0 spiro atoms. The third-order valence-electron chi connectivity index (χ3n) is 3.33. The van der Waals surface area contributed by atoms with Gasteiger partial charge in [-0.2, -0.15) is 0 Å². The van der Waals surface area contributed by atoms with E-state index in [9.17, 15) is 9.59 Å². The minimum atomic E-state index is -0.549. The first-order valence-electron chi connectivity index (χ1n) is 7.74. The molecule has 0 radical (unpaired) electrons. The number of carbonyl (C=O) groups is 2. The molecular weight excluding hydrogens is 322 g/mol. The molecule has 25 heavy (non-hydrogen) atoms. The zero-order chi connectivity index (χ0) is 18.1. The zero-order valence-corrected chi connectivity index (χ0v) is 14.0. The van der Waals surface area contributed by atoms with E-state index >= 15 is 0 Å². The highest BCUT2D eigenvalue weighted by Crippen LogP contribution is 2.16. The molecule has 7 heteroatoms. The van der Waals surface area contributed by atoms with Crippen LogP contribution in [0.25, 0.3) is 0 Å². The molecule has 7 nitrogen and oxygen atoms in total. The molecule has 0 saturated heterocycles. The number of ether oxygens (including phenoxy) is 2. The monoisotopic (exact) mass is 343 g/mol. The number of amides is 2. The molecule has 132 valence electrons. The van der Waals surface area contributed by atoms with Crippen LogP contribution in [0.2, 0.25) is 0 Å². The Bertz CT molecular complexity index is 717. The first kappa shape index (κ1) is 18.3. The van der Waals surface area contributed by atoms with Crippen LogP contribution >= 0.6 is 0 Å². The number of carbonyl (C=O) groups excluding carboxylic acids is 2. The molecule has 0 unspecified atom stereocenters. The van der Waals surface area contributed by atoms with E-state index in [0.717, 1.165) is 0 Å². The minimum Gasteiger partial charge on any atom is -0.491 e. The van der Waals surface area contributed by atoms with Crippen molar-refractivity contribution >= 4 is 23.2 Å². The summed E-state index contributed by atoms with van der Waals surface area (Å²) in [7, 11) is 1.61. The predicted molar refractivity (Wildman–Crippen MR) is 95.9 cm³/mol. The van der Waals surface area contributed by atoms with Crippen LogP contribution < -0.4 is 21.1 Å². The van der Waals surface area contributed by atoms with Crippen molar-refractivity contribution in [2.75, 3.05) is 37.5 Å². The Labute approximate surface area is 146 Å². The Kier molecular flexibility index (Phi) is 6.79. The molecule has 0 saturated carbocycles. The number of anilines is 2. The number of hydrogen-bond donors (Lipinski definition) is 3. The van der Waals surface area contributed by atoms with Gasteiger partial charge >= 0.3 is 0 Å². The first-order chi connectivity index (χ1) is 12.1. The number of nitrogens with one attached hydrogen (secondary N) is 2. The lowest BCUT2D eigenvalue weighted by Gasteiger charge is -2.11. The molecule has 0 fully saturated rings. The van der Waals surface area contributed by atoms with E-state index in [1.54, 1.807) is 55.6 Å². The third-order valence-corrected chi connectivity index (χ3v) is 3.33. The molecule has 0 aliphatic carbocycles. The molecule has 0 aliphatic heterocycles. The molecule has 2 aromatic rings. The SMILES string of the molecule is COCCOc1ccc(NC(=O)CNc2ccccc2C(N)=O)cc1. The quantitative estimate of drug-likeness (QED) is 0.603. The molecule has 0 aliphatic rings. The summed E-state index contributed by atoms with van der Waals surface area (Å²) in [6, 6.07) is 13.8. The van der Waals surface area contributed by atoms with Crippen LogP contribution in [0.15, 0.2) is 48.5 Å². The van der Waals surface area contributed by atoms with E-state index in [1.165, 1.54) is 0 Å². The van der Waals surface area contributed by atoms with E-state index in [0.29, 0.717) is 35.9 Å². The highest BCUT2D eigenvalue weighted by molar-refractivity contribution is 6.00. The van der Waals surface area contributed by atoms with Crippen molar-refractivity contribution in [1.82, 2.24) is 0 Å². The number of para-hydroxylation sites is 1. The standard InChI is InChI=1S/C18H21N3O4/c1-24-10-11-25-14-8-6-13(7-9-14)21-17(22)12-20-16-5-3-2-4-15(16)18(19)23/h2-9,20H,10-12H2,1H3,(H2,19,23)(H,21,22). The van der Waals surface area contributed by atoms with Crippen LogP contribution in [0.5, 0.6) is 5.75 Å². The summed E-state index contributed by atoms with van der Waals surface area (Å²) in [6.07, 6.45) is 0. The van der Waals surface area contributed by atoms with Crippen LogP contribution in [0, 0.1) is 0 Å². The van der Waals surface area contributed by atoms with Gasteiger partial charge in [-0.3, -0.25) is 9.59 Å². The van der Waals surface area contributed by atoms with Crippen LogP contribution in [-0.4, -0.2) is 38.7 Å². The van der Waals surface area contributed by atoms with Gasteiger partial charge in [0.2, 0.25) is 5.91 Å². The number of hydrogen-bond acceptors (Lipinski definition) is 5. The van der Waals surface area contributed by atoms with Crippen molar-refractivity contribution in [3.8, 4) is 5.75 Å². The smallest absolute Gasteiger partial charge is 0.250 e. The van der Waals surface area contributed by atoms with Gasteiger partial charge in [-0.1, -0.05) is 12.1 Å². The minimum absolute atomic E-state index is 0.0103. The summed E-state index contributed by atoms with van der Waals surface area (Å²) < 4.78 is 10.4. The van der Waals surface area contributed by atoms with Crippen molar-refractivity contribution in [3.05, 3.63) is 54.1 Å². The van der Waals surface area contributed by atoms with E-state index in [1.807, 2.05) is 0 Å². The lowest BCUT2D eigenvalue weighted by atomic mass is 10.1. The molecule has 2 rings (SSSR count). The van der Waals surface area contributed by atoms with E-state index in [-0.39, 0.29) is 12.5 Å². The molecule has 4 N–H and O–H groups in total. The Morgan fingerprint density at radius 3 is 2.44 bits per heavy atom. The second-order valence-electron chi connectivity index (χ2n) is 5.18. The highest BCUT2D eigenvalue weighted by atomic mass is 16.5. The Morgan fingerprint density at radius 1 is 1.04 bits per heavy atom. The van der Waals surface area contributed by atoms with E-state index in [2.05, 4.69) is 10.6 Å². The Balaban J connectivity index is 1.85. The van der Waals surface area contributed by atoms with Crippen molar-refractivity contribution in [2.24, 2.45) is 5.73 Å². The fourth-order valence-corrected chi connectivity index (χ4v) is 2.11. The fraction of sp³-hybridized carbons (Fsp3) is 0.222. The van der Waals surface area contributed by atoms with Crippen LogP contribution in [0.3, 0.4) is 0 Å². The van der Waals surface area contributed by atoms with Gasteiger partial charge in [0.1, 0.15) is 12.4 Å². The predicted octanol–water partition coefficient (Wildman–Crippen LogP) is 1.86. The van der Waals surface area contributed by atoms with E-state index < -0.39 is 5.91 Å². The lowest BCUT2D eigenvalue weighted by Crippen LogP contribution is -2.23. The van der Waals surface area contributed by atoms with Crippen LogP contribution in [0.1, 0.15) is 10.4 Å². The highest BCUT2D eigenvalue weighted by Gasteiger charge is 2.08.